The number of hydrogen-bond donors (Lipinski definition) is 0. The van der Waals surface area contributed by atoms with Crippen molar-refractivity contribution >= 4 is 24.8 Å². The van der Waals surface area contributed by atoms with E-state index in [-0.39, 0.29) is 5.97 Å². The van der Waals surface area contributed by atoms with Crippen molar-refractivity contribution in [3.8, 4) is 0 Å². The molecule has 0 aliphatic carbocycles. The first-order chi connectivity index (χ1) is 8.10. The monoisotopic (exact) mass is 350 g/mol. The summed E-state index contributed by atoms with van der Waals surface area (Å²) in [5, 5.41) is 0. The van der Waals surface area contributed by atoms with E-state index in [2.05, 4.69) is 20.8 Å². The second-order valence-electron chi connectivity index (χ2n) is 5.04. The van der Waals surface area contributed by atoms with E-state index in [9.17, 15) is 4.79 Å². The van der Waals surface area contributed by atoms with Crippen LogP contribution in [0.25, 0.3) is 0 Å². The van der Waals surface area contributed by atoms with E-state index in [0.717, 1.165) is 4.44 Å². The van der Waals surface area contributed by atoms with Crippen LogP contribution in [0.3, 0.4) is 0 Å². The summed E-state index contributed by atoms with van der Waals surface area (Å²) in [6.07, 6.45) is 7.60. The number of carbonyl (C=O) groups is 1. The Morgan fingerprint density at radius 2 is 1.41 bits per heavy atom. The van der Waals surface area contributed by atoms with Crippen molar-refractivity contribution in [3.05, 3.63) is 0 Å². The summed E-state index contributed by atoms with van der Waals surface area (Å²) in [5.74, 6) is -0.0318. The number of carbonyl (C=O) groups excluding carboxylic acids is 1. The van der Waals surface area contributed by atoms with Gasteiger partial charge in [0.1, 0.15) is 0 Å². The van der Waals surface area contributed by atoms with Gasteiger partial charge in [-0.1, -0.05) is 0 Å². The first kappa shape index (κ1) is 17.3. The molecule has 102 valence electrons. The molecule has 0 spiro atoms. The van der Waals surface area contributed by atoms with E-state index in [1.165, 1.54) is 47.4 Å². The molecular formula is C14H30O2Sn. The summed E-state index contributed by atoms with van der Waals surface area (Å²) in [5.41, 5.74) is 0. The Hall–Kier alpha value is 0.269. The van der Waals surface area contributed by atoms with Gasteiger partial charge in [0.05, 0.1) is 0 Å². The van der Waals surface area contributed by atoms with Gasteiger partial charge >= 0.3 is 112 Å². The Labute approximate surface area is 112 Å². The molecule has 0 unspecified atom stereocenters. The molecule has 2 nitrogen and oxygen atoms in total. The van der Waals surface area contributed by atoms with Crippen LogP contribution in [-0.4, -0.2) is 24.8 Å². The molecule has 0 aliphatic rings. The molecule has 0 atom stereocenters. The van der Waals surface area contributed by atoms with Gasteiger partial charge in [0.2, 0.25) is 0 Å². The van der Waals surface area contributed by atoms with Gasteiger partial charge in [0, 0.05) is 0 Å². The molecule has 0 heterocycles. The summed E-state index contributed by atoms with van der Waals surface area (Å²) in [7, 11) is 0. The first-order valence-electron chi connectivity index (χ1n) is 7.29. The fourth-order valence-corrected chi connectivity index (χ4v) is 12.9. The second kappa shape index (κ2) is 10.2. The first-order valence-corrected chi connectivity index (χ1v) is 14.5. The predicted octanol–water partition coefficient (Wildman–Crippen LogP) is 4.90. The minimum absolute atomic E-state index is 0.0318. The fraction of sp³-hybridized carbons (Fsp3) is 0.929. The summed E-state index contributed by atoms with van der Waals surface area (Å²) in [6, 6.07) is 0. The molecule has 3 heteroatoms. The molecule has 0 aromatic heterocycles. The molecule has 0 bridgehead atoms. The number of hydrogen-bond acceptors (Lipinski definition) is 2. The van der Waals surface area contributed by atoms with E-state index in [4.69, 9.17) is 3.07 Å². The third kappa shape index (κ3) is 8.06. The van der Waals surface area contributed by atoms with Crippen molar-refractivity contribution < 1.29 is 7.87 Å². The van der Waals surface area contributed by atoms with Crippen molar-refractivity contribution in [2.45, 2.75) is 79.5 Å². The van der Waals surface area contributed by atoms with Crippen molar-refractivity contribution in [2.24, 2.45) is 0 Å². The Balaban J connectivity index is 4.33. The Morgan fingerprint density at radius 1 is 0.941 bits per heavy atom. The second-order valence-corrected chi connectivity index (χ2v) is 17.3. The number of unbranched alkanes of at least 4 members (excludes halogenated alkanes) is 4. The molecule has 0 fully saturated rings. The fourth-order valence-electron chi connectivity index (χ4n) is 2.35. The molecule has 17 heavy (non-hydrogen) atoms. The SMILES string of the molecule is CCCC[CH2][Sn]([CH2]C)([CH2]CCCC)[O]C(C)=O. The zero-order valence-corrected chi connectivity index (χ0v) is 15.0. The van der Waals surface area contributed by atoms with Crippen molar-refractivity contribution in [3.63, 3.8) is 0 Å². The van der Waals surface area contributed by atoms with Gasteiger partial charge in [-0.25, -0.2) is 0 Å². The molecule has 0 N–H and O–H groups in total. The van der Waals surface area contributed by atoms with Crippen LogP contribution in [0.2, 0.25) is 13.3 Å². The van der Waals surface area contributed by atoms with E-state index in [1.807, 2.05) is 0 Å². The van der Waals surface area contributed by atoms with E-state index in [1.54, 1.807) is 6.92 Å². The molecule has 0 saturated carbocycles. The van der Waals surface area contributed by atoms with Crippen molar-refractivity contribution in [1.82, 2.24) is 0 Å². The van der Waals surface area contributed by atoms with Gasteiger partial charge in [-0.15, -0.1) is 0 Å². The standard InChI is InChI=1S/2C5H11.C2H4O2.C2H5.Sn/c2*1-3-5-4-2;1-2(3)4;1-2;/h2*1,3-5H2,2H3;1H3,(H,3,4);1H2,2H3;/q;;;;+1/p-1. The van der Waals surface area contributed by atoms with Gasteiger partial charge in [-0.2, -0.15) is 0 Å². The quantitative estimate of drug-likeness (QED) is 0.414. The Kier molecular flexibility index (Phi) is 10.4. The van der Waals surface area contributed by atoms with Crippen LogP contribution >= 0.6 is 0 Å². The van der Waals surface area contributed by atoms with Gasteiger partial charge < -0.3 is 0 Å². The number of rotatable bonds is 10. The van der Waals surface area contributed by atoms with E-state index in [0.29, 0.717) is 0 Å². The third-order valence-corrected chi connectivity index (χ3v) is 16.4. The van der Waals surface area contributed by atoms with Crippen LogP contribution in [0.1, 0.15) is 66.2 Å². The molecule has 0 rings (SSSR count). The Bertz CT molecular complexity index is 194. The molecule has 0 aromatic rings. The average Bonchev–Trinajstić information content (AvgIpc) is 2.28. The summed E-state index contributed by atoms with van der Waals surface area (Å²) < 4.78 is 9.48. The maximum atomic E-state index is 11.3. The predicted molar refractivity (Wildman–Crippen MR) is 76.7 cm³/mol. The van der Waals surface area contributed by atoms with Crippen LogP contribution in [0.4, 0.5) is 0 Å². The van der Waals surface area contributed by atoms with Gasteiger partial charge in [0.25, 0.3) is 0 Å². The molecule has 0 amide bonds. The molecule has 0 aliphatic heterocycles. The van der Waals surface area contributed by atoms with Crippen LogP contribution < -0.4 is 0 Å². The molecule has 0 aromatic carbocycles. The van der Waals surface area contributed by atoms with Gasteiger partial charge in [-0.05, 0) is 0 Å². The maximum absolute atomic E-state index is 11.3. The van der Waals surface area contributed by atoms with E-state index >= 15 is 0 Å². The summed E-state index contributed by atoms with van der Waals surface area (Å²) in [4.78, 5) is 11.3. The Morgan fingerprint density at radius 3 is 1.71 bits per heavy atom. The minimum atomic E-state index is -2.56. The van der Waals surface area contributed by atoms with Crippen LogP contribution in [0.15, 0.2) is 0 Å². The van der Waals surface area contributed by atoms with Crippen molar-refractivity contribution in [1.29, 1.82) is 0 Å². The summed E-state index contributed by atoms with van der Waals surface area (Å²) in [6.45, 7) is 8.27. The normalized spacial score (nSPS) is 11.5. The van der Waals surface area contributed by atoms with Crippen molar-refractivity contribution in [2.75, 3.05) is 0 Å². The molecular weight excluding hydrogens is 319 g/mol. The zero-order chi connectivity index (χ0) is 13.1. The zero-order valence-electron chi connectivity index (χ0n) is 12.2. The molecule has 0 radical (unpaired) electrons. The van der Waals surface area contributed by atoms with Crippen LogP contribution in [0.5, 0.6) is 0 Å². The van der Waals surface area contributed by atoms with Gasteiger partial charge in [-0.3, -0.25) is 0 Å². The molecule has 0 saturated heterocycles. The van der Waals surface area contributed by atoms with E-state index < -0.39 is 18.8 Å². The average molecular weight is 349 g/mol. The third-order valence-electron chi connectivity index (χ3n) is 3.48. The van der Waals surface area contributed by atoms with Crippen LogP contribution in [0, 0.1) is 0 Å². The van der Waals surface area contributed by atoms with Crippen LogP contribution in [-0.2, 0) is 7.87 Å². The summed E-state index contributed by atoms with van der Waals surface area (Å²) >= 11 is -2.56. The topological polar surface area (TPSA) is 26.3 Å². The van der Waals surface area contributed by atoms with Gasteiger partial charge in [0.15, 0.2) is 0 Å².